The highest BCUT2D eigenvalue weighted by Crippen LogP contribution is 2.28. The van der Waals surface area contributed by atoms with Crippen molar-refractivity contribution in [2.24, 2.45) is 0 Å². The van der Waals surface area contributed by atoms with Crippen LogP contribution >= 0.6 is 0 Å². The lowest BCUT2D eigenvalue weighted by atomic mass is 9.93. The highest BCUT2D eigenvalue weighted by molar-refractivity contribution is 5.32. The van der Waals surface area contributed by atoms with E-state index in [1.165, 1.54) is 46.6 Å². The van der Waals surface area contributed by atoms with Gasteiger partial charge in [-0.05, 0) is 82.8 Å². The summed E-state index contributed by atoms with van der Waals surface area (Å²) < 4.78 is 7.51. The second kappa shape index (κ2) is 9.86. The number of benzene rings is 1. The number of piperidine rings is 1. The van der Waals surface area contributed by atoms with Crippen LogP contribution in [0.15, 0.2) is 42.6 Å². The number of pyridine rings is 1. The molecule has 1 aliphatic rings. The van der Waals surface area contributed by atoms with Crippen LogP contribution < -0.4 is 4.74 Å². The van der Waals surface area contributed by atoms with Crippen LogP contribution in [0.3, 0.4) is 0 Å². The van der Waals surface area contributed by atoms with Crippen LogP contribution in [0.2, 0.25) is 0 Å². The van der Waals surface area contributed by atoms with Crippen molar-refractivity contribution < 1.29 is 4.74 Å². The predicted octanol–water partition coefficient (Wildman–Crippen LogP) is 5.45. The van der Waals surface area contributed by atoms with Crippen molar-refractivity contribution in [3.8, 4) is 5.75 Å². The van der Waals surface area contributed by atoms with E-state index in [4.69, 9.17) is 14.8 Å². The third-order valence-electron chi connectivity index (χ3n) is 6.66. The van der Waals surface area contributed by atoms with Crippen LogP contribution in [-0.4, -0.2) is 39.9 Å². The first-order chi connectivity index (χ1) is 15.4. The highest BCUT2D eigenvalue weighted by atomic mass is 16.5. The van der Waals surface area contributed by atoms with Gasteiger partial charge in [-0.25, -0.2) is 0 Å². The Hall–Kier alpha value is -2.66. The standard InChI is InChI=1S/C27H36N4O/c1-19(2)31-21(4)26(20(3)29-31)18-30-13-7-9-24(17-30)27-12-11-23(16-28-27)14-22-8-6-10-25(15-22)32-5/h6,8,10-12,15-16,19,24H,7,9,13-14,17-18H2,1-5H3/t24-/m1/s1. The van der Waals surface area contributed by atoms with Gasteiger partial charge in [-0.15, -0.1) is 0 Å². The number of hydrogen-bond acceptors (Lipinski definition) is 4. The first-order valence-corrected chi connectivity index (χ1v) is 11.8. The van der Waals surface area contributed by atoms with Crippen LogP contribution in [0, 0.1) is 13.8 Å². The molecule has 3 heterocycles. The van der Waals surface area contributed by atoms with Crippen molar-refractivity contribution in [2.75, 3.05) is 20.2 Å². The minimum atomic E-state index is 0.399. The van der Waals surface area contributed by atoms with Crippen molar-refractivity contribution in [2.45, 2.75) is 65.5 Å². The largest absolute Gasteiger partial charge is 0.497 e. The summed E-state index contributed by atoms with van der Waals surface area (Å²) in [6, 6.07) is 13.1. The molecule has 5 nitrogen and oxygen atoms in total. The Balaban J connectivity index is 1.41. The van der Waals surface area contributed by atoms with Gasteiger partial charge in [0, 0.05) is 48.2 Å². The lowest BCUT2D eigenvalue weighted by molar-refractivity contribution is 0.197. The number of hydrogen-bond donors (Lipinski definition) is 0. The van der Waals surface area contributed by atoms with E-state index in [2.05, 4.69) is 67.7 Å². The summed E-state index contributed by atoms with van der Waals surface area (Å²) in [5.41, 5.74) is 7.56. The summed E-state index contributed by atoms with van der Waals surface area (Å²) in [4.78, 5) is 7.46. The maximum Gasteiger partial charge on any atom is 0.119 e. The van der Waals surface area contributed by atoms with E-state index in [1.807, 2.05) is 12.1 Å². The molecule has 1 saturated heterocycles. The molecule has 1 aromatic carbocycles. The molecular formula is C27H36N4O. The van der Waals surface area contributed by atoms with Gasteiger partial charge in [0.15, 0.2) is 0 Å². The summed E-state index contributed by atoms with van der Waals surface area (Å²) in [6.45, 7) is 11.9. The van der Waals surface area contributed by atoms with Crippen molar-refractivity contribution in [1.29, 1.82) is 0 Å². The van der Waals surface area contributed by atoms with Gasteiger partial charge >= 0.3 is 0 Å². The van der Waals surface area contributed by atoms with Gasteiger partial charge in [0.25, 0.3) is 0 Å². The summed E-state index contributed by atoms with van der Waals surface area (Å²) in [5, 5.41) is 4.78. The number of nitrogens with zero attached hydrogens (tertiary/aromatic N) is 4. The molecule has 0 N–H and O–H groups in total. The molecule has 0 bridgehead atoms. The zero-order chi connectivity index (χ0) is 22.7. The van der Waals surface area contributed by atoms with Gasteiger partial charge in [-0.2, -0.15) is 5.10 Å². The Labute approximate surface area is 192 Å². The topological polar surface area (TPSA) is 43.2 Å². The van der Waals surface area contributed by atoms with E-state index in [1.54, 1.807) is 7.11 Å². The van der Waals surface area contributed by atoms with Gasteiger partial charge < -0.3 is 4.74 Å². The van der Waals surface area contributed by atoms with Crippen LogP contribution in [0.1, 0.15) is 72.4 Å². The second-order valence-corrected chi connectivity index (χ2v) is 9.38. The maximum absolute atomic E-state index is 5.35. The molecular weight excluding hydrogens is 396 g/mol. The van der Waals surface area contributed by atoms with Crippen molar-refractivity contribution in [3.63, 3.8) is 0 Å². The molecule has 1 aliphatic heterocycles. The molecule has 1 atom stereocenters. The Morgan fingerprint density at radius 2 is 1.97 bits per heavy atom. The Morgan fingerprint density at radius 1 is 1.12 bits per heavy atom. The summed E-state index contributed by atoms with van der Waals surface area (Å²) in [5.74, 6) is 1.40. The number of rotatable bonds is 7. The lowest BCUT2D eigenvalue weighted by Crippen LogP contribution is -2.34. The number of aryl methyl sites for hydroxylation is 1. The molecule has 0 aliphatic carbocycles. The summed E-state index contributed by atoms with van der Waals surface area (Å²) >= 11 is 0. The number of likely N-dealkylation sites (tertiary alicyclic amines) is 1. The van der Waals surface area contributed by atoms with Crippen LogP contribution in [-0.2, 0) is 13.0 Å². The van der Waals surface area contributed by atoms with Gasteiger partial charge in [0.05, 0.1) is 12.8 Å². The molecule has 0 unspecified atom stereocenters. The highest BCUT2D eigenvalue weighted by Gasteiger charge is 2.24. The second-order valence-electron chi connectivity index (χ2n) is 9.38. The van der Waals surface area contributed by atoms with Gasteiger partial charge in [-0.1, -0.05) is 18.2 Å². The fourth-order valence-electron chi connectivity index (χ4n) is 4.89. The number of ether oxygens (including phenoxy) is 1. The van der Waals surface area contributed by atoms with E-state index >= 15 is 0 Å². The Kier molecular flexibility index (Phi) is 6.95. The number of methoxy groups -OCH3 is 1. The van der Waals surface area contributed by atoms with Crippen molar-refractivity contribution in [3.05, 3.63) is 76.4 Å². The summed E-state index contributed by atoms with van der Waals surface area (Å²) in [6.07, 6.45) is 5.35. The average molecular weight is 433 g/mol. The third kappa shape index (κ3) is 5.04. The molecule has 5 heteroatoms. The fraction of sp³-hybridized carbons (Fsp3) is 0.481. The SMILES string of the molecule is COc1cccc(Cc2ccc([C@@H]3CCCN(Cc4c(C)nn(C(C)C)c4C)C3)nc2)c1. The molecule has 3 aromatic rings. The molecule has 0 spiro atoms. The van der Waals surface area contributed by atoms with Gasteiger partial charge in [-0.3, -0.25) is 14.6 Å². The molecule has 2 aromatic heterocycles. The van der Waals surface area contributed by atoms with Gasteiger partial charge in [0.1, 0.15) is 5.75 Å². The van der Waals surface area contributed by atoms with E-state index in [9.17, 15) is 0 Å². The van der Waals surface area contributed by atoms with Crippen LogP contribution in [0.25, 0.3) is 0 Å². The Bertz CT molecular complexity index is 1040. The van der Waals surface area contributed by atoms with E-state index < -0.39 is 0 Å². The minimum Gasteiger partial charge on any atom is -0.497 e. The molecule has 0 saturated carbocycles. The first-order valence-electron chi connectivity index (χ1n) is 11.8. The van der Waals surface area contributed by atoms with E-state index in [0.717, 1.165) is 31.8 Å². The van der Waals surface area contributed by atoms with Crippen LogP contribution in [0.5, 0.6) is 5.75 Å². The van der Waals surface area contributed by atoms with E-state index in [-0.39, 0.29) is 0 Å². The van der Waals surface area contributed by atoms with Crippen LogP contribution in [0.4, 0.5) is 0 Å². The molecule has 32 heavy (non-hydrogen) atoms. The smallest absolute Gasteiger partial charge is 0.119 e. The first kappa shape index (κ1) is 22.5. The molecule has 0 amide bonds. The monoisotopic (exact) mass is 432 g/mol. The van der Waals surface area contributed by atoms with E-state index in [0.29, 0.717) is 12.0 Å². The van der Waals surface area contributed by atoms with Crippen molar-refractivity contribution in [1.82, 2.24) is 19.7 Å². The minimum absolute atomic E-state index is 0.399. The lowest BCUT2D eigenvalue weighted by Gasteiger charge is -2.32. The normalized spacial score (nSPS) is 17.1. The fourth-order valence-corrected chi connectivity index (χ4v) is 4.89. The molecule has 170 valence electrons. The molecule has 4 rings (SSSR count). The summed E-state index contributed by atoms with van der Waals surface area (Å²) in [7, 11) is 1.71. The van der Waals surface area contributed by atoms with Crippen molar-refractivity contribution >= 4 is 0 Å². The zero-order valence-corrected chi connectivity index (χ0v) is 20.1. The predicted molar refractivity (Wildman–Crippen MR) is 129 cm³/mol. The maximum atomic E-state index is 5.35. The third-order valence-corrected chi connectivity index (χ3v) is 6.66. The molecule has 1 fully saturated rings. The zero-order valence-electron chi connectivity index (χ0n) is 20.1. The Morgan fingerprint density at radius 3 is 2.66 bits per heavy atom. The average Bonchev–Trinajstić information content (AvgIpc) is 3.08. The van der Waals surface area contributed by atoms with Gasteiger partial charge in [0.2, 0.25) is 0 Å². The molecule has 0 radical (unpaired) electrons. The quantitative estimate of drug-likeness (QED) is 0.498. The number of aromatic nitrogens is 3.